The number of benzene rings is 1. The van der Waals surface area contributed by atoms with Crippen molar-refractivity contribution >= 4 is 28.8 Å². The lowest BCUT2D eigenvalue weighted by molar-refractivity contribution is -0.384. The summed E-state index contributed by atoms with van der Waals surface area (Å²) in [6, 6.07) is 4.99. The molecular formula is C16H16FN5O3. The van der Waals surface area contributed by atoms with E-state index in [1.807, 2.05) is 0 Å². The molecule has 3 N–H and O–H groups in total. The van der Waals surface area contributed by atoms with E-state index in [1.165, 1.54) is 6.20 Å². The fraction of sp³-hybridized carbons (Fsp3) is 0.250. The molecule has 130 valence electrons. The third-order valence-corrected chi connectivity index (χ3v) is 4.00. The fourth-order valence-corrected chi connectivity index (χ4v) is 2.73. The van der Waals surface area contributed by atoms with Crippen LogP contribution < -0.4 is 16.0 Å². The summed E-state index contributed by atoms with van der Waals surface area (Å²) in [5, 5.41) is 13.4. The molecule has 0 unspecified atom stereocenters. The number of nitrogens with zero attached hydrogens (tertiary/aromatic N) is 3. The van der Waals surface area contributed by atoms with Crippen LogP contribution in [0.3, 0.4) is 0 Å². The SMILES string of the molecule is Nc1c(C(=O)Nc2ccc(N3CCCC3)nc2)cc(F)cc1[N+](=O)[O-]. The number of pyridine rings is 1. The molecule has 9 heteroatoms. The van der Waals surface area contributed by atoms with Crippen LogP contribution in [0.25, 0.3) is 0 Å². The molecule has 8 nitrogen and oxygen atoms in total. The molecule has 0 atom stereocenters. The Kier molecular flexibility index (Phi) is 4.46. The van der Waals surface area contributed by atoms with Crippen LogP contribution in [0, 0.1) is 15.9 Å². The van der Waals surface area contributed by atoms with Gasteiger partial charge in [-0.05, 0) is 31.0 Å². The third kappa shape index (κ3) is 3.49. The number of rotatable bonds is 4. The van der Waals surface area contributed by atoms with Gasteiger partial charge < -0.3 is 16.0 Å². The van der Waals surface area contributed by atoms with Gasteiger partial charge in [-0.1, -0.05) is 0 Å². The molecule has 0 aliphatic carbocycles. The van der Waals surface area contributed by atoms with E-state index < -0.39 is 22.3 Å². The van der Waals surface area contributed by atoms with Crippen LogP contribution in [-0.2, 0) is 0 Å². The maximum absolute atomic E-state index is 13.5. The van der Waals surface area contributed by atoms with E-state index in [-0.39, 0.29) is 11.3 Å². The number of nitro benzene ring substituents is 1. The van der Waals surface area contributed by atoms with Gasteiger partial charge in [0.15, 0.2) is 0 Å². The standard InChI is InChI=1S/C16H16FN5O3/c17-10-7-12(15(18)13(8-10)22(24)25)16(23)20-11-3-4-14(19-9-11)21-5-1-2-6-21/h3-4,7-9H,1-2,5-6,18H2,(H,20,23). The molecule has 1 aromatic carbocycles. The quantitative estimate of drug-likeness (QED) is 0.500. The lowest BCUT2D eigenvalue weighted by Crippen LogP contribution is -2.19. The Morgan fingerprint density at radius 1 is 1.32 bits per heavy atom. The summed E-state index contributed by atoms with van der Waals surface area (Å²) in [5.41, 5.74) is 4.69. The highest BCUT2D eigenvalue weighted by Gasteiger charge is 2.22. The molecule has 1 fully saturated rings. The van der Waals surface area contributed by atoms with E-state index in [9.17, 15) is 19.3 Å². The number of aromatic nitrogens is 1. The Balaban J connectivity index is 1.79. The second-order valence-electron chi connectivity index (χ2n) is 5.70. The minimum atomic E-state index is -0.909. The van der Waals surface area contributed by atoms with Gasteiger partial charge in [0.25, 0.3) is 11.6 Å². The number of nitro groups is 1. The first-order valence-electron chi connectivity index (χ1n) is 7.71. The first kappa shape index (κ1) is 16.6. The average molecular weight is 345 g/mol. The molecule has 2 aromatic rings. The first-order valence-corrected chi connectivity index (χ1v) is 7.71. The van der Waals surface area contributed by atoms with Crippen molar-refractivity contribution in [1.29, 1.82) is 0 Å². The smallest absolute Gasteiger partial charge is 0.295 e. The van der Waals surface area contributed by atoms with Gasteiger partial charge in [0.2, 0.25) is 0 Å². The first-order chi connectivity index (χ1) is 12.0. The molecule has 1 amide bonds. The number of anilines is 3. The Morgan fingerprint density at radius 2 is 2.04 bits per heavy atom. The Morgan fingerprint density at radius 3 is 2.64 bits per heavy atom. The summed E-state index contributed by atoms with van der Waals surface area (Å²) in [4.78, 5) is 28.8. The van der Waals surface area contributed by atoms with E-state index in [4.69, 9.17) is 5.73 Å². The highest BCUT2D eigenvalue weighted by atomic mass is 19.1. The minimum Gasteiger partial charge on any atom is -0.393 e. The average Bonchev–Trinajstić information content (AvgIpc) is 3.11. The molecular weight excluding hydrogens is 329 g/mol. The van der Waals surface area contributed by atoms with Crippen molar-refractivity contribution < 1.29 is 14.1 Å². The molecule has 0 bridgehead atoms. The summed E-state index contributed by atoms with van der Waals surface area (Å²) in [7, 11) is 0. The number of amides is 1. The highest BCUT2D eigenvalue weighted by molar-refractivity contribution is 6.08. The number of carbonyl (C=O) groups is 1. The largest absolute Gasteiger partial charge is 0.393 e. The summed E-state index contributed by atoms with van der Waals surface area (Å²) in [6.07, 6.45) is 3.73. The Hall–Kier alpha value is -3.23. The number of nitrogens with two attached hydrogens (primary N) is 1. The van der Waals surface area contributed by atoms with Gasteiger partial charge in [-0.2, -0.15) is 0 Å². The van der Waals surface area contributed by atoms with Crippen LogP contribution in [0.2, 0.25) is 0 Å². The summed E-state index contributed by atoms with van der Waals surface area (Å²) in [5.74, 6) is -0.833. The molecule has 0 saturated carbocycles. The molecule has 2 heterocycles. The van der Waals surface area contributed by atoms with E-state index in [2.05, 4.69) is 15.2 Å². The third-order valence-electron chi connectivity index (χ3n) is 4.00. The fourth-order valence-electron chi connectivity index (χ4n) is 2.73. The van der Waals surface area contributed by atoms with Gasteiger partial charge in [-0.25, -0.2) is 9.37 Å². The van der Waals surface area contributed by atoms with Crippen molar-refractivity contribution in [2.75, 3.05) is 29.0 Å². The normalized spacial score (nSPS) is 13.7. The van der Waals surface area contributed by atoms with E-state index in [1.54, 1.807) is 12.1 Å². The van der Waals surface area contributed by atoms with Gasteiger partial charge >= 0.3 is 0 Å². The zero-order valence-electron chi connectivity index (χ0n) is 13.2. The van der Waals surface area contributed by atoms with E-state index >= 15 is 0 Å². The second-order valence-corrected chi connectivity index (χ2v) is 5.70. The van der Waals surface area contributed by atoms with Crippen molar-refractivity contribution in [1.82, 2.24) is 4.98 Å². The minimum absolute atomic E-state index is 0.296. The van der Waals surface area contributed by atoms with Crippen LogP contribution >= 0.6 is 0 Å². The van der Waals surface area contributed by atoms with Crippen LogP contribution in [0.4, 0.5) is 27.3 Å². The zero-order chi connectivity index (χ0) is 18.0. The van der Waals surface area contributed by atoms with Crippen LogP contribution in [0.1, 0.15) is 23.2 Å². The van der Waals surface area contributed by atoms with Gasteiger partial charge in [-0.3, -0.25) is 14.9 Å². The van der Waals surface area contributed by atoms with Gasteiger partial charge in [-0.15, -0.1) is 0 Å². The number of halogens is 1. The maximum Gasteiger partial charge on any atom is 0.295 e. The highest BCUT2D eigenvalue weighted by Crippen LogP contribution is 2.27. The van der Waals surface area contributed by atoms with Gasteiger partial charge in [0.1, 0.15) is 17.3 Å². The van der Waals surface area contributed by atoms with Crippen molar-refractivity contribution in [3.63, 3.8) is 0 Å². The second kappa shape index (κ2) is 6.71. The van der Waals surface area contributed by atoms with Gasteiger partial charge in [0.05, 0.1) is 28.4 Å². The van der Waals surface area contributed by atoms with Gasteiger partial charge in [0, 0.05) is 13.1 Å². The summed E-state index contributed by atoms with van der Waals surface area (Å²) < 4.78 is 13.5. The molecule has 0 radical (unpaired) electrons. The Bertz CT molecular complexity index is 819. The summed E-state index contributed by atoms with van der Waals surface area (Å²) >= 11 is 0. The number of nitrogens with one attached hydrogen (secondary N) is 1. The van der Waals surface area contributed by atoms with Crippen molar-refractivity contribution in [2.45, 2.75) is 12.8 Å². The molecule has 3 rings (SSSR count). The maximum atomic E-state index is 13.5. The lowest BCUT2D eigenvalue weighted by Gasteiger charge is -2.16. The van der Waals surface area contributed by atoms with Crippen molar-refractivity contribution in [3.05, 3.63) is 52.0 Å². The zero-order valence-corrected chi connectivity index (χ0v) is 13.2. The van der Waals surface area contributed by atoms with Crippen LogP contribution in [0.5, 0.6) is 0 Å². The van der Waals surface area contributed by atoms with Crippen LogP contribution in [0.15, 0.2) is 30.5 Å². The number of nitrogen functional groups attached to an aromatic ring is 1. The van der Waals surface area contributed by atoms with Crippen molar-refractivity contribution in [2.24, 2.45) is 0 Å². The molecule has 1 aliphatic heterocycles. The van der Waals surface area contributed by atoms with E-state index in [0.717, 1.165) is 37.8 Å². The van der Waals surface area contributed by atoms with Crippen molar-refractivity contribution in [3.8, 4) is 0 Å². The molecule has 0 spiro atoms. The lowest BCUT2D eigenvalue weighted by atomic mass is 10.1. The summed E-state index contributed by atoms with van der Waals surface area (Å²) in [6.45, 7) is 1.89. The predicted octanol–water partition coefficient (Wildman–Crippen LogP) is 2.56. The molecule has 1 aliphatic rings. The Labute approximate surface area is 142 Å². The molecule has 1 saturated heterocycles. The molecule has 25 heavy (non-hydrogen) atoms. The number of hydrogen-bond acceptors (Lipinski definition) is 6. The predicted molar refractivity (Wildman–Crippen MR) is 91.1 cm³/mol. The van der Waals surface area contributed by atoms with E-state index in [0.29, 0.717) is 11.8 Å². The number of hydrogen-bond donors (Lipinski definition) is 2. The molecule has 1 aromatic heterocycles. The monoisotopic (exact) mass is 345 g/mol. The topological polar surface area (TPSA) is 114 Å². The van der Waals surface area contributed by atoms with Crippen LogP contribution in [-0.4, -0.2) is 28.9 Å². The number of carbonyl (C=O) groups excluding carboxylic acids is 1.